The molecule has 0 saturated carbocycles. The highest BCUT2D eigenvalue weighted by Gasteiger charge is 2.35. The van der Waals surface area contributed by atoms with E-state index in [1.54, 1.807) is 28.4 Å². The van der Waals surface area contributed by atoms with Gasteiger partial charge in [0.05, 0.1) is 28.4 Å². The zero-order valence-electron chi connectivity index (χ0n) is 18.7. The van der Waals surface area contributed by atoms with Crippen molar-refractivity contribution in [2.75, 3.05) is 28.4 Å². The average Bonchev–Trinajstić information content (AvgIpc) is 3.42. The highest BCUT2D eigenvalue weighted by Crippen LogP contribution is 2.56. The van der Waals surface area contributed by atoms with Crippen molar-refractivity contribution < 1.29 is 18.9 Å². The molecule has 0 aliphatic heterocycles. The molecule has 2 aliphatic rings. The molecule has 4 heteroatoms. The van der Waals surface area contributed by atoms with E-state index in [0.717, 1.165) is 35.8 Å². The van der Waals surface area contributed by atoms with Gasteiger partial charge in [0.1, 0.15) is 0 Å². The van der Waals surface area contributed by atoms with Gasteiger partial charge in [-0.15, -0.1) is 0 Å². The molecular weight excluding hydrogens is 400 g/mol. The Kier molecular flexibility index (Phi) is 4.12. The highest BCUT2D eigenvalue weighted by molar-refractivity contribution is 6.11. The predicted molar refractivity (Wildman–Crippen MR) is 127 cm³/mol. The lowest BCUT2D eigenvalue weighted by Gasteiger charge is -2.15. The van der Waals surface area contributed by atoms with Gasteiger partial charge >= 0.3 is 0 Å². The first kappa shape index (κ1) is 19.1. The summed E-state index contributed by atoms with van der Waals surface area (Å²) in [5.74, 6) is 3.20. The summed E-state index contributed by atoms with van der Waals surface area (Å²) in [4.78, 5) is 0. The predicted octanol–water partition coefficient (Wildman–Crippen LogP) is 6.02. The topological polar surface area (TPSA) is 36.9 Å². The lowest BCUT2D eigenvalue weighted by Crippen LogP contribution is -1.96. The van der Waals surface area contributed by atoms with Crippen molar-refractivity contribution >= 4 is 10.8 Å². The summed E-state index contributed by atoms with van der Waals surface area (Å²) in [6.07, 6.45) is 1.65. The molecule has 0 atom stereocenters. The van der Waals surface area contributed by atoms with E-state index >= 15 is 0 Å². The fraction of sp³-hybridized carbons (Fsp3) is 0.214. The molecule has 0 bridgehead atoms. The Morgan fingerprint density at radius 2 is 0.938 bits per heavy atom. The maximum Gasteiger partial charge on any atom is 0.164 e. The minimum absolute atomic E-state index is 0.773. The molecule has 4 nitrogen and oxygen atoms in total. The SMILES string of the molecule is COc1ccc2c(c1OC)Cc1c3c(c4ccccc4c1-2)-c1ccc(OC)c(OC)c1C3. The van der Waals surface area contributed by atoms with Gasteiger partial charge in [0.2, 0.25) is 0 Å². The summed E-state index contributed by atoms with van der Waals surface area (Å²) < 4.78 is 22.8. The summed E-state index contributed by atoms with van der Waals surface area (Å²) in [5.41, 5.74) is 10.2. The van der Waals surface area contributed by atoms with E-state index in [-0.39, 0.29) is 0 Å². The second-order valence-corrected chi connectivity index (χ2v) is 8.26. The minimum atomic E-state index is 0.773. The molecular formula is C28H24O4. The van der Waals surface area contributed by atoms with Crippen LogP contribution >= 0.6 is 0 Å². The molecule has 2 aliphatic carbocycles. The van der Waals surface area contributed by atoms with Gasteiger partial charge in [-0.1, -0.05) is 36.4 Å². The lowest BCUT2D eigenvalue weighted by molar-refractivity contribution is 0.352. The third kappa shape index (κ3) is 2.32. The first-order chi connectivity index (χ1) is 15.7. The minimum Gasteiger partial charge on any atom is -0.493 e. The number of hydrogen-bond donors (Lipinski definition) is 0. The van der Waals surface area contributed by atoms with Crippen molar-refractivity contribution in [3.05, 3.63) is 70.8 Å². The van der Waals surface area contributed by atoms with Crippen molar-refractivity contribution in [3.63, 3.8) is 0 Å². The van der Waals surface area contributed by atoms with Crippen molar-refractivity contribution in [2.24, 2.45) is 0 Å². The van der Waals surface area contributed by atoms with Gasteiger partial charge < -0.3 is 18.9 Å². The molecule has 0 saturated heterocycles. The Morgan fingerprint density at radius 3 is 1.31 bits per heavy atom. The first-order valence-electron chi connectivity index (χ1n) is 10.8. The second kappa shape index (κ2) is 6.92. The van der Waals surface area contributed by atoms with Gasteiger partial charge in [0.15, 0.2) is 23.0 Å². The van der Waals surface area contributed by atoms with Crippen LogP contribution in [0.25, 0.3) is 33.0 Å². The highest BCUT2D eigenvalue weighted by atomic mass is 16.5. The van der Waals surface area contributed by atoms with E-state index in [1.165, 1.54) is 55.3 Å². The Bertz CT molecular complexity index is 1310. The third-order valence-electron chi connectivity index (χ3n) is 6.98. The molecule has 160 valence electrons. The summed E-state index contributed by atoms with van der Waals surface area (Å²) in [6, 6.07) is 17.1. The fourth-order valence-corrected chi connectivity index (χ4v) is 5.71. The van der Waals surface area contributed by atoms with Gasteiger partial charge in [-0.05, 0) is 56.3 Å². The molecule has 0 N–H and O–H groups in total. The van der Waals surface area contributed by atoms with E-state index in [4.69, 9.17) is 18.9 Å². The molecule has 6 rings (SSSR count). The van der Waals surface area contributed by atoms with Crippen LogP contribution in [0.4, 0.5) is 0 Å². The summed E-state index contributed by atoms with van der Waals surface area (Å²) in [5, 5.41) is 2.55. The molecule has 0 amide bonds. The van der Waals surface area contributed by atoms with E-state index in [1.807, 2.05) is 12.1 Å². The second-order valence-electron chi connectivity index (χ2n) is 8.26. The van der Waals surface area contributed by atoms with Gasteiger partial charge in [-0.2, -0.15) is 0 Å². The smallest absolute Gasteiger partial charge is 0.164 e. The Balaban J connectivity index is 1.69. The van der Waals surface area contributed by atoms with E-state index in [0.29, 0.717) is 0 Å². The van der Waals surface area contributed by atoms with Crippen LogP contribution in [0.3, 0.4) is 0 Å². The molecule has 0 heterocycles. The lowest BCUT2D eigenvalue weighted by atomic mass is 9.89. The number of benzene rings is 4. The van der Waals surface area contributed by atoms with Crippen LogP contribution in [-0.2, 0) is 12.8 Å². The molecule has 0 fully saturated rings. The Hall–Kier alpha value is -3.66. The quantitative estimate of drug-likeness (QED) is 0.347. The molecule has 32 heavy (non-hydrogen) atoms. The van der Waals surface area contributed by atoms with Crippen LogP contribution in [-0.4, -0.2) is 28.4 Å². The van der Waals surface area contributed by atoms with Crippen LogP contribution in [0.5, 0.6) is 23.0 Å². The van der Waals surface area contributed by atoms with Gasteiger partial charge in [0.25, 0.3) is 0 Å². The summed E-state index contributed by atoms with van der Waals surface area (Å²) >= 11 is 0. The Morgan fingerprint density at radius 1 is 0.500 bits per heavy atom. The van der Waals surface area contributed by atoms with Crippen LogP contribution in [0.2, 0.25) is 0 Å². The number of ether oxygens (including phenoxy) is 4. The molecule has 0 unspecified atom stereocenters. The Labute approximate surface area is 187 Å². The first-order valence-corrected chi connectivity index (χ1v) is 10.8. The number of hydrogen-bond acceptors (Lipinski definition) is 4. The average molecular weight is 424 g/mol. The van der Waals surface area contributed by atoms with Gasteiger partial charge in [-0.3, -0.25) is 0 Å². The number of fused-ring (bicyclic) bond motifs is 10. The van der Waals surface area contributed by atoms with Crippen LogP contribution in [0.1, 0.15) is 22.3 Å². The monoisotopic (exact) mass is 424 g/mol. The fourth-order valence-electron chi connectivity index (χ4n) is 5.71. The molecule has 4 aromatic rings. The number of rotatable bonds is 4. The molecule has 0 aromatic heterocycles. The molecule has 4 aromatic carbocycles. The van der Waals surface area contributed by atoms with Crippen molar-refractivity contribution in [3.8, 4) is 45.3 Å². The summed E-state index contributed by atoms with van der Waals surface area (Å²) in [7, 11) is 6.82. The van der Waals surface area contributed by atoms with Gasteiger partial charge in [-0.25, -0.2) is 0 Å². The van der Waals surface area contributed by atoms with Crippen LogP contribution < -0.4 is 18.9 Å². The van der Waals surface area contributed by atoms with E-state index < -0.39 is 0 Å². The maximum absolute atomic E-state index is 5.81. The summed E-state index contributed by atoms with van der Waals surface area (Å²) in [6.45, 7) is 0. The number of methoxy groups -OCH3 is 4. The maximum atomic E-state index is 5.81. The van der Waals surface area contributed by atoms with Crippen LogP contribution in [0.15, 0.2) is 48.5 Å². The third-order valence-corrected chi connectivity index (χ3v) is 6.98. The van der Waals surface area contributed by atoms with Gasteiger partial charge in [0, 0.05) is 24.0 Å². The van der Waals surface area contributed by atoms with Crippen molar-refractivity contribution in [1.82, 2.24) is 0 Å². The zero-order chi connectivity index (χ0) is 22.0. The largest absolute Gasteiger partial charge is 0.493 e. The van der Waals surface area contributed by atoms with Crippen molar-refractivity contribution in [2.45, 2.75) is 12.8 Å². The van der Waals surface area contributed by atoms with E-state index in [2.05, 4.69) is 36.4 Å². The molecule has 0 spiro atoms. The normalized spacial score (nSPS) is 12.8. The molecule has 0 radical (unpaired) electrons. The van der Waals surface area contributed by atoms with Crippen molar-refractivity contribution in [1.29, 1.82) is 0 Å². The van der Waals surface area contributed by atoms with Crippen LogP contribution in [0, 0.1) is 0 Å². The van der Waals surface area contributed by atoms with E-state index in [9.17, 15) is 0 Å². The zero-order valence-corrected chi connectivity index (χ0v) is 18.7. The standard InChI is InChI=1S/C28H24O4/c1-29-23-11-9-17-21(27(23)31-3)13-19-20-14-22-18(10-12-24(30-2)28(22)32-4)26(20)16-8-6-5-7-15(16)25(17)19/h5-12H,13-14H2,1-4H3.